The molecule has 30 heavy (non-hydrogen) atoms. The smallest absolute Gasteiger partial charge is 0.255 e. The predicted molar refractivity (Wildman–Crippen MR) is 126 cm³/mol. The largest absolute Gasteiger partial charge is 0.461 e. The van der Waals surface area contributed by atoms with Crippen LogP contribution in [0.25, 0.3) is 11.3 Å². The molecular formula is C25H33ClN2O2. The van der Waals surface area contributed by atoms with E-state index in [4.69, 9.17) is 16.0 Å². The fourth-order valence-electron chi connectivity index (χ4n) is 3.20. The normalized spacial score (nSPS) is 13.7. The van der Waals surface area contributed by atoms with Crippen LogP contribution >= 0.6 is 11.6 Å². The van der Waals surface area contributed by atoms with Gasteiger partial charge in [0.15, 0.2) is 0 Å². The van der Waals surface area contributed by atoms with Crippen LogP contribution in [0.5, 0.6) is 0 Å². The van der Waals surface area contributed by atoms with E-state index in [1.165, 1.54) is 5.57 Å². The number of nitrogens with one attached hydrogen (secondary N) is 2. The van der Waals surface area contributed by atoms with Crippen molar-refractivity contribution >= 4 is 17.5 Å². The molecule has 1 heterocycles. The van der Waals surface area contributed by atoms with E-state index in [9.17, 15) is 4.79 Å². The molecule has 2 aromatic rings. The summed E-state index contributed by atoms with van der Waals surface area (Å²) in [5.74, 6) is 1.15. The van der Waals surface area contributed by atoms with Crippen LogP contribution in [0.2, 0.25) is 5.02 Å². The number of carbonyl (C=O) groups excluding carboxylic acids is 1. The van der Waals surface area contributed by atoms with Gasteiger partial charge in [-0.2, -0.15) is 0 Å². The molecule has 1 aromatic carbocycles. The number of benzene rings is 1. The Hall–Kier alpha value is -2.30. The Kier molecular flexibility index (Phi) is 8.94. The number of amides is 1. The summed E-state index contributed by atoms with van der Waals surface area (Å²) in [6, 6.07) is 9.53. The van der Waals surface area contributed by atoms with E-state index in [1.54, 1.807) is 6.07 Å². The predicted octanol–water partition coefficient (Wildman–Crippen LogP) is 6.31. The fourth-order valence-corrected chi connectivity index (χ4v) is 3.32. The molecule has 2 rings (SSSR count). The first-order valence-corrected chi connectivity index (χ1v) is 10.8. The zero-order chi connectivity index (χ0) is 22.3. The summed E-state index contributed by atoms with van der Waals surface area (Å²) in [4.78, 5) is 12.8. The Morgan fingerprint density at radius 2 is 1.93 bits per heavy atom. The van der Waals surface area contributed by atoms with Crippen molar-refractivity contribution < 1.29 is 9.21 Å². The van der Waals surface area contributed by atoms with Crippen LogP contribution in [0.3, 0.4) is 0 Å². The molecule has 162 valence electrons. The molecule has 1 amide bonds. The molecule has 0 aliphatic heterocycles. The average molecular weight is 429 g/mol. The fraction of sp³-hybridized carbons (Fsp3) is 0.400. The van der Waals surface area contributed by atoms with Gasteiger partial charge < -0.3 is 15.1 Å². The van der Waals surface area contributed by atoms with Crippen molar-refractivity contribution in [3.8, 4) is 11.3 Å². The maximum absolute atomic E-state index is 12.8. The van der Waals surface area contributed by atoms with E-state index < -0.39 is 0 Å². The highest BCUT2D eigenvalue weighted by Gasteiger charge is 2.19. The lowest BCUT2D eigenvalue weighted by molar-refractivity contribution is 0.0934. The van der Waals surface area contributed by atoms with Gasteiger partial charge in [-0.3, -0.25) is 4.79 Å². The van der Waals surface area contributed by atoms with Crippen LogP contribution in [-0.2, 0) is 0 Å². The minimum Gasteiger partial charge on any atom is -0.461 e. The number of halogens is 1. The molecule has 1 aromatic heterocycles. The zero-order valence-corrected chi connectivity index (χ0v) is 19.4. The molecule has 0 aliphatic carbocycles. The van der Waals surface area contributed by atoms with Crippen molar-refractivity contribution in [1.82, 2.24) is 10.6 Å². The molecule has 0 aliphatic rings. The number of aryl methyl sites for hydroxylation is 1. The topological polar surface area (TPSA) is 54.3 Å². The first-order chi connectivity index (χ1) is 14.2. The highest BCUT2D eigenvalue weighted by atomic mass is 35.5. The van der Waals surface area contributed by atoms with E-state index in [0.717, 1.165) is 30.5 Å². The van der Waals surface area contributed by atoms with E-state index in [2.05, 4.69) is 37.1 Å². The quantitative estimate of drug-likeness (QED) is 0.436. The molecule has 0 spiro atoms. The summed E-state index contributed by atoms with van der Waals surface area (Å²) in [5.41, 5.74) is 3.74. The first-order valence-electron chi connectivity index (χ1n) is 10.4. The van der Waals surface area contributed by atoms with Crippen molar-refractivity contribution in [3.63, 3.8) is 0 Å². The SMILES string of the molecule is C=C(C)/C(C)=C/CNC(CC)CC(C)NC(=O)c1cc(-c2ccc(Cl)cc2)oc1C. The van der Waals surface area contributed by atoms with Crippen molar-refractivity contribution in [2.45, 2.75) is 59.5 Å². The molecule has 0 radical (unpaired) electrons. The molecule has 2 unspecified atom stereocenters. The molecule has 2 N–H and O–H groups in total. The Morgan fingerprint density at radius 3 is 2.53 bits per heavy atom. The third kappa shape index (κ3) is 6.89. The van der Waals surface area contributed by atoms with Crippen molar-refractivity contribution in [3.05, 3.63) is 70.5 Å². The maximum atomic E-state index is 12.8. The van der Waals surface area contributed by atoms with Crippen LogP contribution in [0, 0.1) is 6.92 Å². The molecule has 4 nitrogen and oxygen atoms in total. The summed E-state index contributed by atoms with van der Waals surface area (Å²) in [5, 5.41) is 7.31. The summed E-state index contributed by atoms with van der Waals surface area (Å²) in [6.45, 7) is 14.8. The minimum atomic E-state index is -0.114. The molecule has 5 heteroatoms. The lowest BCUT2D eigenvalue weighted by Crippen LogP contribution is -2.39. The summed E-state index contributed by atoms with van der Waals surface area (Å²) >= 11 is 5.95. The monoisotopic (exact) mass is 428 g/mol. The maximum Gasteiger partial charge on any atom is 0.255 e. The summed E-state index contributed by atoms with van der Waals surface area (Å²) in [7, 11) is 0. The lowest BCUT2D eigenvalue weighted by atomic mass is 10.0. The van der Waals surface area contributed by atoms with Gasteiger partial charge in [0.1, 0.15) is 11.5 Å². The third-order valence-corrected chi connectivity index (χ3v) is 5.54. The number of carbonyl (C=O) groups is 1. The molecular weight excluding hydrogens is 396 g/mol. The standard InChI is InChI=1S/C25H33ClN2O2/c1-7-22(27-13-12-17(4)16(2)3)14-18(5)28-25(29)23-15-24(30-19(23)6)20-8-10-21(26)11-9-20/h8-12,15,18,22,27H,2,7,13-14H2,1,3-6H3,(H,28,29)/b17-12+. The summed E-state index contributed by atoms with van der Waals surface area (Å²) < 4.78 is 5.81. The number of allylic oxidation sites excluding steroid dienone is 2. The van der Waals surface area contributed by atoms with Crippen LogP contribution in [0.15, 0.2) is 58.6 Å². The highest BCUT2D eigenvalue weighted by molar-refractivity contribution is 6.30. The van der Waals surface area contributed by atoms with Gasteiger partial charge in [0.05, 0.1) is 5.56 Å². The lowest BCUT2D eigenvalue weighted by Gasteiger charge is -2.21. The van der Waals surface area contributed by atoms with Gasteiger partial charge in [-0.05, 0) is 70.9 Å². The van der Waals surface area contributed by atoms with E-state index >= 15 is 0 Å². The summed E-state index contributed by atoms with van der Waals surface area (Å²) in [6.07, 6.45) is 4.00. The first kappa shape index (κ1) is 24.0. The zero-order valence-electron chi connectivity index (χ0n) is 18.6. The van der Waals surface area contributed by atoms with Gasteiger partial charge in [-0.1, -0.05) is 42.3 Å². The average Bonchev–Trinajstić information content (AvgIpc) is 3.09. The van der Waals surface area contributed by atoms with Crippen molar-refractivity contribution in [1.29, 1.82) is 0 Å². The van der Waals surface area contributed by atoms with E-state index in [-0.39, 0.29) is 11.9 Å². The van der Waals surface area contributed by atoms with E-state index in [1.807, 2.05) is 45.0 Å². The molecule has 2 atom stereocenters. The van der Waals surface area contributed by atoms with Gasteiger partial charge in [0.25, 0.3) is 5.91 Å². The van der Waals surface area contributed by atoms with Crippen LogP contribution in [-0.4, -0.2) is 24.5 Å². The van der Waals surface area contributed by atoms with Gasteiger partial charge in [-0.25, -0.2) is 0 Å². The van der Waals surface area contributed by atoms with Crippen molar-refractivity contribution in [2.24, 2.45) is 0 Å². The van der Waals surface area contributed by atoms with Gasteiger partial charge in [-0.15, -0.1) is 0 Å². The Labute approximate surface area is 185 Å². The van der Waals surface area contributed by atoms with Crippen LogP contribution in [0.4, 0.5) is 0 Å². The highest BCUT2D eigenvalue weighted by Crippen LogP contribution is 2.26. The Balaban J connectivity index is 1.95. The molecule has 0 saturated heterocycles. The third-order valence-electron chi connectivity index (χ3n) is 5.29. The molecule has 0 bridgehead atoms. The molecule has 0 fully saturated rings. The Bertz CT molecular complexity index is 896. The molecule has 0 saturated carbocycles. The number of hydrogen-bond donors (Lipinski definition) is 2. The van der Waals surface area contributed by atoms with Crippen LogP contribution < -0.4 is 10.6 Å². The van der Waals surface area contributed by atoms with Gasteiger partial charge in [0.2, 0.25) is 0 Å². The van der Waals surface area contributed by atoms with Crippen molar-refractivity contribution in [2.75, 3.05) is 6.54 Å². The number of furan rings is 1. The minimum absolute atomic E-state index is 0.0365. The second kappa shape index (κ2) is 11.2. The second-order valence-corrected chi connectivity index (χ2v) is 8.31. The van der Waals surface area contributed by atoms with Gasteiger partial charge in [0, 0.05) is 29.2 Å². The second-order valence-electron chi connectivity index (χ2n) is 7.88. The number of hydrogen-bond acceptors (Lipinski definition) is 3. The van der Waals surface area contributed by atoms with Crippen LogP contribution in [0.1, 0.15) is 56.7 Å². The van der Waals surface area contributed by atoms with Gasteiger partial charge >= 0.3 is 0 Å². The van der Waals surface area contributed by atoms with E-state index in [0.29, 0.717) is 28.1 Å². The number of rotatable bonds is 10. The Morgan fingerprint density at radius 1 is 1.27 bits per heavy atom.